The molecule has 0 fully saturated rings. The first-order valence-electron chi connectivity index (χ1n) is 10.8. The Hall–Kier alpha value is -3.69. The fraction of sp³-hybridized carbons (Fsp3) is 0.200. The van der Waals surface area contributed by atoms with Gasteiger partial charge in [0, 0.05) is 24.2 Å². The molecule has 3 aromatic carbocycles. The molecule has 3 rings (SSSR count). The highest BCUT2D eigenvalue weighted by molar-refractivity contribution is 7.89. The summed E-state index contributed by atoms with van der Waals surface area (Å²) in [6.07, 6.45) is 0. The first kappa shape index (κ1) is 24.9. The fourth-order valence-electron chi connectivity index (χ4n) is 3.24. The molecule has 0 atom stereocenters. The van der Waals surface area contributed by atoms with Gasteiger partial charge < -0.3 is 4.74 Å². The van der Waals surface area contributed by atoms with Crippen molar-refractivity contribution in [3.8, 4) is 5.75 Å². The highest BCUT2D eigenvalue weighted by Gasteiger charge is 2.22. The fourth-order valence-corrected chi connectivity index (χ4v) is 4.74. The summed E-state index contributed by atoms with van der Waals surface area (Å²) in [5.41, 5.74) is 6.07. The number of sulfonamides is 1. The predicted octanol–water partition coefficient (Wildman–Crippen LogP) is 3.37. The van der Waals surface area contributed by atoms with Crippen molar-refractivity contribution >= 4 is 21.8 Å². The second-order valence-electron chi connectivity index (χ2n) is 7.33. The average molecular weight is 482 g/mol. The van der Waals surface area contributed by atoms with Gasteiger partial charge in [-0.15, -0.1) is 0 Å². The molecular weight excluding hydrogens is 454 g/mol. The number of carbonyl (C=O) groups is 2. The van der Waals surface area contributed by atoms with E-state index >= 15 is 0 Å². The third-order valence-corrected chi connectivity index (χ3v) is 7.12. The van der Waals surface area contributed by atoms with E-state index in [1.165, 1.54) is 28.6 Å². The molecule has 0 saturated carbocycles. The van der Waals surface area contributed by atoms with Gasteiger partial charge in [0.15, 0.2) is 0 Å². The number of benzene rings is 3. The third-order valence-electron chi connectivity index (χ3n) is 5.07. The summed E-state index contributed by atoms with van der Waals surface area (Å²) in [6, 6.07) is 21.9. The quantitative estimate of drug-likeness (QED) is 0.456. The van der Waals surface area contributed by atoms with Crippen LogP contribution in [0.4, 0.5) is 0 Å². The molecule has 0 aliphatic heterocycles. The van der Waals surface area contributed by atoms with E-state index in [1.807, 2.05) is 30.3 Å². The number of nitrogens with zero attached hydrogens (tertiary/aromatic N) is 1. The molecule has 0 heterocycles. The van der Waals surface area contributed by atoms with Gasteiger partial charge >= 0.3 is 0 Å². The normalized spacial score (nSPS) is 11.1. The Labute approximate surface area is 199 Å². The van der Waals surface area contributed by atoms with E-state index in [0.717, 1.165) is 5.56 Å². The maximum Gasteiger partial charge on any atom is 0.269 e. The number of amides is 2. The smallest absolute Gasteiger partial charge is 0.269 e. The third kappa shape index (κ3) is 6.21. The van der Waals surface area contributed by atoms with Crippen molar-refractivity contribution in [3.63, 3.8) is 0 Å². The van der Waals surface area contributed by atoms with E-state index in [0.29, 0.717) is 31.0 Å². The molecule has 0 unspecified atom stereocenters. The van der Waals surface area contributed by atoms with Gasteiger partial charge in [0.25, 0.3) is 11.8 Å². The zero-order valence-electron chi connectivity index (χ0n) is 19.0. The number of hydrogen-bond acceptors (Lipinski definition) is 5. The van der Waals surface area contributed by atoms with Gasteiger partial charge in [0.05, 0.1) is 4.90 Å². The molecule has 0 spiro atoms. The molecule has 0 aromatic heterocycles. The van der Waals surface area contributed by atoms with Crippen LogP contribution in [-0.2, 0) is 16.6 Å². The Morgan fingerprint density at radius 3 is 2.00 bits per heavy atom. The second-order valence-corrected chi connectivity index (χ2v) is 9.27. The molecule has 34 heavy (non-hydrogen) atoms. The summed E-state index contributed by atoms with van der Waals surface area (Å²) in [4.78, 5) is 25.1. The van der Waals surface area contributed by atoms with Crippen LogP contribution in [0.5, 0.6) is 5.75 Å². The summed E-state index contributed by atoms with van der Waals surface area (Å²) >= 11 is 0. The Kier molecular flexibility index (Phi) is 8.39. The van der Waals surface area contributed by atoms with Crippen LogP contribution in [0, 0.1) is 0 Å². The number of ether oxygens (including phenoxy) is 1. The van der Waals surface area contributed by atoms with Crippen molar-refractivity contribution < 1.29 is 22.7 Å². The minimum atomic E-state index is -3.71. The lowest BCUT2D eigenvalue weighted by atomic mass is 10.2. The van der Waals surface area contributed by atoms with E-state index in [4.69, 9.17) is 4.74 Å². The molecule has 0 radical (unpaired) electrons. The summed E-state index contributed by atoms with van der Waals surface area (Å²) in [5, 5.41) is 0. The Balaban J connectivity index is 1.62. The van der Waals surface area contributed by atoms with Crippen LogP contribution in [0.25, 0.3) is 0 Å². The lowest BCUT2D eigenvalue weighted by Crippen LogP contribution is -2.41. The van der Waals surface area contributed by atoms with E-state index in [9.17, 15) is 18.0 Å². The van der Waals surface area contributed by atoms with Crippen molar-refractivity contribution in [2.24, 2.45) is 0 Å². The van der Waals surface area contributed by atoms with Gasteiger partial charge in [0.2, 0.25) is 10.0 Å². The zero-order chi connectivity index (χ0) is 24.6. The lowest BCUT2D eigenvalue weighted by molar-refractivity contribution is 0.0846. The molecule has 0 saturated heterocycles. The molecule has 178 valence electrons. The van der Waals surface area contributed by atoms with Gasteiger partial charge in [-0.2, -0.15) is 4.31 Å². The van der Waals surface area contributed by atoms with Gasteiger partial charge in [-0.05, 0) is 42.0 Å². The van der Waals surface area contributed by atoms with Crippen LogP contribution >= 0.6 is 0 Å². The van der Waals surface area contributed by atoms with E-state index in [2.05, 4.69) is 10.9 Å². The Bertz CT molecular complexity index is 1240. The maximum absolute atomic E-state index is 12.7. The minimum absolute atomic E-state index is 0.0124. The monoisotopic (exact) mass is 481 g/mol. The number of nitrogens with one attached hydrogen (secondary N) is 2. The molecule has 0 aliphatic carbocycles. The van der Waals surface area contributed by atoms with Crippen LogP contribution < -0.4 is 15.6 Å². The van der Waals surface area contributed by atoms with E-state index < -0.39 is 21.8 Å². The van der Waals surface area contributed by atoms with E-state index in [-0.39, 0.29) is 10.5 Å². The number of hydrogen-bond donors (Lipinski definition) is 2. The Morgan fingerprint density at radius 2 is 1.38 bits per heavy atom. The van der Waals surface area contributed by atoms with Crippen LogP contribution in [0.3, 0.4) is 0 Å². The zero-order valence-corrected chi connectivity index (χ0v) is 19.8. The molecule has 0 aliphatic rings. The largest absolute Gasteiger partial charge is 0.489 e. The molecule has 2 amide bonds. The van der Waals surface area contributed by atoms with Crippen LogP contribution in [0.15, 0.2) is 83.8 Å². The summed E-state index contributed by atoms with van der Waals surface area (Å²) in [6.45, 7) is 4.48. The lowest BCUT2D eigenvalue weighted by Gasteiger charge is -2.18. The highest BCUT2D eigenvalue weighted by atomic mass is 32.2. The van der Waals surface area contributed by atoms with E-state index in [1.54, 1.807) is 38.1 Å². The van der Waals surface area contributed by atoms with Crippen molar-refractivity contribution in [3.05, 3.63) is 95.6 Å². The van der Waals surface area contributed by atoms with Crippen molar-refractivity contribution in [2.75, 3.05) is 13.1 Å². The van der Waals surface area contributed by atoms with Gasteiger partial charge in [0.1, 0.15) is 12.4 Å². The maximum atomic E-state index is 12.7. The second kappa shape index (κ2) is 11.4. The molecule has 9 heteroatoms. The summed E-state index contributed by atoms with van der Waals surface area (Å²) in [5.74, 6) is -0.663. The van der Waals surface area contributed by atoms with Gasteiger partial charge in [-0.1, -0.05) is 56.3 Å². The first-order valence-corrected chi connectivity index (χ1v) is 12.3. The van der Waals surface area contributed by atoms with Crippen LogP contribution in [-0.4, -0.2) is 37.6 Å². The standard InChI is InChI=1S/C25H27N3O5S/c1-3-28(4-2)34(31,32)23-15-9-13-21(17-23)25(30)27-26-24(29)20-12-8-14-22(16-20)33-18-19-10-6-5-7-11-19/h5-17H,3-4,18H2,1-2H3,(H,26,29)(H,27,30). The Morgan fingerprint density at radius 1 is 0.794 bits per heavy atom. The van der Waals surface area contributed by atoms with Crippen molar-refractivity contribution in [1.29, 1.82) is 0 Å². The van der Waals surface area contributed by atoms with Crippen molar-refractivity contribution in [2.45, 2.75) is 25.3 Å². The number of hydrazine groups is 1. The molecule has 0 bridgehead atoms. The van der Waals surface area contributed by atoms with Crippen LogP contribution in [0.1, 0.15) is 40.1 Å². The SMILES string of the molecule is CCN(CC)S(=O)(=O)c1cccc(C(=O)NNC(=O)c2cccc(OCc3ccccc3)c2)c1. The minimum Gasteiger partial charge on any atom is -0.489 e. The molecule has 8 nitrogen and oxygen atoms in total. The topological polar surface area (TPSA) is 105 Å². The summed E-state index contributed by atoms with van der Waals surface area (Å²) in [7, 11) is -3.71. The van der Waals surface area contributed by atoms with Gasteiger partial charge in [-0.25, -0.2) is 8.42 Å². The first-order chi connectivity index (χ1) is 16.3. The average Bonchev–Trinajstić information content (AvgIpc) is 2.87. The number of carbonyl (C=O) groups excluding carboxylic acids is 2. The highest BCUT2D eigenvalue weighted by Crippen LogP contribution is 2.17. The molecule has 2 N–H and O–H groups in total. The number of rotatable bonds is 9. The molecule has 3 aromatic rings. The summed E-state index contributed by atoms with van der Waals surface area (Å²) < 4.78 is 32.5. The molecular formula is C25H27N3O5S. The predicted molar refractivity (Wildman–Crippen MR) is 129 cm³/mol. The van der Waals surface area contributed by atoms with Gasteiger partial charge in [-0.3, -0.25) is 20.4 Å². The van der Waals surface area contributed by atoms with Crippen LogP contribution in [0.2, 0.25) is 0 Å². The van der Waals surface area contributed by atoms with Crippen molar-refractivity contribution in [1.82, 2.24) is 15.2 Å².